The summed E-state index contributed by atoms with van der Waals surface area (Å²) in [6.45, 7) is 2.57. The highest BCUT2D eigenvalue weighted by molar-refractivity contribution is 5.87. The minimum absolute atomic E-state index is 0.171. The molecule has 128 valence electrons. The number of piperidine rings is 1. The molecule has 2 heterocycles. The monoisotopic (exact) mass is 330 g/mol. The van der Waals surface area contributed by atoms with Crippen molar-refractivity contribution in [2.24, 2.45) is 11.3 Å². The van der Waals surface area contributed by atoms with E-state index in [0.717, 1.165) is 44.2 Å². The van der Waals surface area contributed by atoms with Gasteiger partial charge in [-0.25, -0.2) is 4.39 Å². The molecular weight excluding hydrogens is 307 g/mol. The summed E-state index contributed by atoms with van der Waals surface area (Å²) in [4.78, 5) is 29.2. The van der Waals surface area contributed by atoms with E-state index in [9.17, 15) is 14.0 Å². The molecule has 3 fully saturated rings. The fourth-order valence-corrected chi connectivity index (χ4v) is 4.14. The molecule has 0 N–H and O–H groups in total. The normalized spacial score (nSPS) is 27.1. The third-order valence-electron chi connectivity index (χ3n) is 5.70. The fraction of sp³-hybridized carbons (Fsp3) is 0.579. The van der Waals surface area contributed by atoms with Crippen LogP contribution in [0.3, 0.4) is 0 Å². The van der Waals surface area contributed by atoms with Crippen LogP contribution in [-0.4, -0.2) is 41.2 Å². The van der Waals surface area contributed by atoms with Gasteiger partial charge in [-0.05, 0) is 49.8 Å². The van der Waals surface area contributed by atoms with E-state index in [1.807, 2.05) is 9.80 Å². The van der Waals surface area contributed by atoms with Crippen molar-refractivity contribution >= 4 is 11.8 Å². The molecule has 1 saturated carbocycles. The van der Waals surface area contributed by atoms with E-state index in [-0.39, 0.29) is 29.0 Å². The maximum Gasteiger partial charge on any atom is 0.230 e. The summed E-state index contributed by atoms with van der Waals surface area (Å²) in [7, 11) is 0. The molecular formula is C19H23FN2O2. The highest BCUT2D eigenvalue weighted by atomic mass is 19.1. The summed E-state index contributed by atoms with van der Waals surface area (Å²) in [5, 5.41) is 0. The standard InChI is InChI=1S/C19H23FN2O2/c20-16-6-2-14(3-7-16)12-21-10-1-8-19(18(21)24)9-11-22(13-19)17(23)15-4-5-15/h2-3,6-7,15H,1,4-5,8-13H2/t19-/m1/s1. The zero-order chi connectivity index (χ0) is 16.7. The quantitative estimate of drug-likeness (QED) is 0.855. The molecule has 5 heteroatoms. The zero-order valence-electron chi connectivity index (χ0n) is 13.8. The van der Waals surface area contributed by atoms with Crippen molar-refractivity contribution in [3.63, 3.8) is 0 Å². The van der Waals surface area contributed by atoms with Gasteiger partial charge in [0.2, 0.25) is 11.8 Å². The van der Waals surface area contributed by atoms with Crippen LogP contribution in [0.5, 0.6) is 0 Å². The predicted molar refractivity (Wildman–Crippen MR) is 87.4 cm³/mol. The van der Waals surface area contributed by atoms with Crippen molar-refractivity contribution in [1.29, 1.82) is 0 Å². The smallest absolute Gasteiger partial charge is 0.230 e. The number of hydrogen-bond acceptors (Lipinski definition) is 2. The van der Waals surface area contributed by atoms with Crippen molar-refractivity contribution in [2.45, 2.75) is 38.6 Å². The first kappa shape index (κ1) is 15.6. The third-order valence-corrected chi connectivity index (χ3v) is 5.70. The second kappa shape index (κ2) is 5.87. The van der Waals surface area contributed by atoms with Gasteiger partial charge in [-0.3, -0.25) is 9.59 Å². The van der Waals surface area contributed by atoms with Gasteiger partial charge >= 0.3 is 0 Å². The molecule has 1 spiro atoms. The largest absolute Gasteiger partial charge is 0.341 e. The number of likely N-dealkylation sites (tertiary alicyclic amines) is 2. The molecule has 0 unspecified atom stereocenters. The van der Waals surface area contributed by atoms with E-state index >= 15 is 0 Å². The molecule has 4 rings (SSSR count). The average Bonchev–Trinajstić information content (AvgIpc) is 3.35. The van der Waals surface area contributed by atoms with Crippen molar-refractivity contribution in [3.8, 4) is 0 Å². The number of benzene rings is 1. The lowest BCUT2D eigenvalue weighted by Crippen LogP contribution is -2.50. The fourth-order valence-electron chi connectivity index (χ4n) is 4.14. The van der Waals surface area contributed by atoms with Crippen molar-refractivity contribution < 1.29 is 14.0 Å². The van der Waals surface area contributed by atoms with Crippen LogP contribution < -0.4 is 0 Å². The minimum atomic E-state index is -0.386. The van der Waals surface area contributed by atoms with Gasteiger partial charge in [0.15, 0.2) is 0 Å². The van der Waals surface area contributed by atoms with Crippen LogP contribution >= 0.6 is 0 Å². The molecule has 1 aromatic rings. The molecule has 4 nitrogen and oxygen atoms in total. The number of amides is 2. The molecule has 0 radical (unpaired) electrons. The SMILES string of the molecule is O=C(C1CC1)N1CC[C@]2(CCCN(Cc3ccc(F)cc3)C2=O)C1. The van der Waals surface area contributed by atoms with Crippen LogP contribution in [0.15, 0.2) is 24.3 Å². The predicted octanol–water partition coefficient (Wildman–Crippen LogP) is 2.58. The number of carbonyl (C=O) groups is 2. The number of carbonyl (C=O) groups excluding carboxylic acids is 2. The number of halogens is 1. The Morgan fingerprint density at radius 3 is 2.62 bits per heavy atom. The van der Waals surface area contributed by atoms with Gasteiger partial charge < -0.3 is 9.80 Å². The molecule has 1 atom stereocenters. The lowest BCUT2D eigenvalue weighted by molar-refractivity contribution is -0.147. The van der Waals surface area contributed by atoms with Crippen LogP contribution in [-0.2, 0) is 16.1 Å². The van der Waals surface area contributed by atoms with Crippen molar-refractivity contribution in [3.05, 3.63) is 35.6 Å². The summed E-state index contributed by atoms with van der Waals surface area (Å²) in [5.41, 5.74) is 0.564. The van der Waals surface area contributed by atoms with Gasteiger partial charge in [-0.1, -0.05) is 12.1 Å². The molecule has 2 aliphatic heterocycles. The van der Waals surface area contributed by atoms with E-state index in [1.165, 1.54) is 12.1 Å². The Balaban J connectivity index is 1.46. The van der Waals surface area contributed by atoms with Crippen molar-refractivity contribution in [1.82, 2.24) is 9.80 Å². The zero-order valence-corrected chi connectivity index (χ0v) is 13.8. The Labute approximate surface area is 141 Å². The summed E-state index contributed by atoms with van der Waals surface area (Å²) in [5.74, 6) is 0.374. The molecule has 2 amide bonds. The van der Waals surface area contributed by atoms with Gasteiger partial charge in [0, 0.05) is 32.1 Å². The summed E-state index contributed by atoms with van der Waals surface area (Å²) in [6, 6.07) is 6.35. The molecule has 1 aromatic carbocycles. The maximum atomic E-state index is 13.1. The molecule has 0 bridgehead atoms. The second-order valence-electron chi connectivity index (χ2n) is 7.52. The first-order valence-corrected chi connectivity index (χ1v) is 8.90. The molecule has 1 aliphatic carbocycles. The van der Waals surface area contributed by atoms with E-state index in [4.69, 9.17) is 0 Å². The van der Waals surface area contributed by atoms with Crippen LogP contribution in [0.25, 0.3) is 0 Å². The van der Waals surface area contributed by atoms with Gasteiger partial charge in [-0.2, -0.15) is 0 Å². The minimum Gasteiger partial charge on any atom is -0.341 e. The van der Waals surface area contributed by atoms with E-state index < -0.39 is 0 Å². The van der Waals surface area contributed by atoms with Crippen LogP contribution in [0.1, 0.15) is 37.7 Å². The summed E-state index contributed by atoms with van der Waals surface area (Å²) < 4.78 is 13.1. The summed E-state index contributed by atoms with van der Waals surface area (Å²) in [6.07, 6.45) is 4.64. The highest BCUT2D eigenvalue weighted by Gasteiger charge is 2.50. The summed E-state index contributed by atoms with van der Waals surface area (Å²) >= 11 is 0. The van der Waals surface area contributed by atoms with E-state index in [1.54, 1.807) is 12.1 Å². The van der Waals surface area contributed by atoms with E-state index in [0.29, 0.717) is 19.6 Å². The second-order valence-corrected chi connectivity index (χ2v) is 7.52. The number of nitrogens with zero attached hydrogens (tertiary/aromatic N) is 2. The molecule has 0 aromatic heterocycles. The third kappa shape index (κ3) is 2.80. The van der Waals surface area contributed by atoms with Crippen LogP contribution in [0.4, 0.5) is 4.39 Å². The Kier molecular flexibility index (Phi) is 3.82. The number of hydrogen-bond donors (Lipinski definition) is 0. The Hall–Kier alpha value is -1.91. The van der Waals surface area contributed by atoms with Crippen molar-refractivity contribution in [2.75, 3.05) is 19.6 Å². The lowest BCUT2D eigenvalue weighted by Gasteiger charge is -2.39. The Morgan fingerprint density at radius 2 is 1.92 bits per heavy atom. The van der Waals surface area contributed by atoms with Gasteiger partial charge in [0.25, 0.3) is 0 Å². The van der Waals surface area contributed by atoms with Crippen LogP contribution in [0, 0.1) is 17.2 Å². The first-order valence-electron chi connectivity index (χ1n) is 8.90. The van der Waals surface area contributed by atoms with Gasteiger partial charge in [-0.15, -0.1) is 0 Å². The first-order chi connectivity index (χ1) is 11.6. The Morgan fingerprint density at radius 1 is 1.17 bits per heavy atom. The molecule has 3 aliphatic rings. The van der Waals surface area contributed by atoms with E-state index in [2.05, 4.69) is 0 Å². The average molecular weight is 330 g/mol. The number of rotatable bonds is 3. The Bertz CT molecular complexity index is 656. The molecule has 2 saturated heterocycles. The van der Waals surface area contributed by atoms with Gasteiger partial charge in [0.05, 0.1) is 5.41 Å². The van der Waals surface area contributed by atoms with Gasteiger partial charge in [0.1, 0.15) is 5.82 Å². The maximum absolute atomic E-state index is 13.1. The highest BCUT2D eigenvalue weighted by Crippen LogP contribution is 2.42. The lowest BCUT2D eigenvalue weighted by atomic mass is 9.78. The molecule has 24 heavy (non-hydrogen) atoms. The van der Waals surface area contributed by atoms with Crippen LogP contribution in [0.2, 0.25) is 0 Å². The topological polar surface area (TPSA) is 40.6 Å².